The van der Waals surface area contributed by atoms with Gasteiger partial charge in [0.15, 0.2) is 0 Å². The third-order valence-corrected chi connectivity index (χ3v) is 2.98. The van der Waals surface area contributed by atoms with E-state index in [9.17, 15) is 4.79 Å². The van der Waals surface area contributed by atoms with Crippen LogP contribution < -0.4 is 10.1 Å². The Bertz CT molecular complexity index is 415. The van der Waals surface area contributed by atoms with E-state index in [0.29, 0.717) is 19.1 Å². The molecule has 1 N–H and O–H groups in total. The van der Waals surface area contributed by atoms with Crippen LogP contribution in [0.2, 0.25) is 0 Å². The predicted molar refractivity (Wildman–Crippen MR) is 83.2 cm³/mol. The molecule has 0 saturated heterocycles. The van der Waals surface area contributed by atoms with Crippen molar-refractivity contribution in [1.82, 2.24) is 4.90 Å². The fourth-order valence-electron chi connectivity index (χ4n) is 1.82. The lowest BCUT2D eigenvalue weighted by molar-refractivity contribution is -0.128. The lowest BCUT2D eigenvalue weighted by atomic mass is 10.2. The molecule has 4 heteroatoms. The van der Waals surface area contributed by atoms with E-state index in [4.69, 9.17) is 4.74 Å². The number of nitrogens with zero attached hydrogens (tertiary/aromatic N) is 1. The van der Waals surface area contributed by atoms with Crippen LogP contribution in [0.4, 0.5) is 5.69 Å². The van der Waals surface area contributed by atoms with Gasteiger partial charge in [-0.15, -0.1) is 0 Å². The molecule has 0 saturated carbocycles. The smallest absolute Gasteiger partial charge is 0.241 e. The Kier molecular flexibility index (Phi) is 6.91. The molecule has 0 aliphatic rings. The van der Waals surface area contributed by atoms with Gasteiger partial charge in [-0.05, 0) is 31.9 Å². The molecule has 1 aromatic rings. The molecule has 20 heavy (non-hydrogen) atoms. The quantitative estimate of drug-likeness (QED) is 0.795. The van der Waals surface area contributed by atoms with Crippen molar-refractivity contribution in [3.05, 3.63) is 24.3 Å². The summed E-state index contributed by atoms with van der Waals surface area (Å²) in [6.07, 6.45) is 0. The number of carbonyl (C=O) groups is 1. The Hall–Kier alpha value is -1.71. The number of benzene rings is 1. The number of hydrogen-bond donors (Lipinski definition) is 1. The van der Waals surface area contributed by atoms with Gasteiger partial charge in [0.05, 0.1) is 13.2 Å². The van der Waals surface area contributed by atoms with E-state index >= 15 is 0 Å². The molecule has 0 aliphatic carbocycles. The molecular weight excluding hydrogens is 252 g/mol. The molecule has 0 aliphatic heterocycles. The molecule has 1 aromatic carbocycles. The predicted octanol–water partition coefficient (Wildman–Crippen LogP) is 3.00. The number of rotatable bonds is 8. The summed E-state index contributed by atoms with van der Waals surface area (Å²) in [5, 5.41) is 3.15. The lowest BCUT2D eigenvalue weighted by Gasteiger charge is -2.19. The first-order valence-electron chi connectivity index (χ1n) is 7.31. The largest absolute Gasteiger partial charge is 0.493 e. The lowest BCUT2D eigenvalue weighted by Crippen LogP contribution is -2.35. The van der Waals surface area contributed by atoms with E-state index in [0.717, 1.165) is 24.5 Å². The van der Waals surface area contributed by atoms with E-state index in [-0.39, 0.29) is 5.91 Å². The molecule has 0 spiro atoms. The molecule has 1 amide bonds. The highest BCUT2D eigenvalue weighted by Crippen LogP contribution is 2.17. The number of hydrogen-bond acceptors (Lipinski definition) is 3. The van der Waals surface area contributed by atoms with Crippen LogP contribution in [0.5, 0.6) is 5.75 Å². The third kappa shape index (κ3) is 5.51. The number of ether oxygens (including phenoxy) is 1. The topological polar surface area (TPSA) is 41.6 Å². The van der Waals surface area contributed by atoms with Crippen LogP contribution in [-0.4, -0.2) is 37.0 Å². The first kappa shape index (κ1) is 16.3. The zero-order valence-corrected chi connectivity index (χ0v) is 13.0. The van der Waals surface area contributed by atoms with Gasteiger partial charge in [-0.1, -0.05) is 19.9 Å². The normalized spacial score (nSPS) is 10.4. The summed E-state index contributed by atoms with van der Waals surface area (Å²) in [4.78, 5) is 13.7. The van der Waals surface area contributed by atoms with Crippen LogP contribution in [0.15, 0.2) is 24.3 Å². The first-order chi connectivity index (χ1) is 9.56. The SMILES string of the molecule is CCN(CC)C(=O)CNc1cccc(OCC(C)C)c1. The summed E-state index contributed by atoms with van der Waals surface area (Å²) in [6.45, 7) is 10.7. The second-order valence-electron chi connectivity index (χ2n) is 5.15. The minimum absolute atomic E-state index is 0.114. The van der Waals surface area contributed by atoms with Gasteiger partial charge in [0.1, 0.15) is 5.75 Å². The summed E-state index contributed by atoms with van der Waals surface area (Å²) >= 11 is 0. The first-order valence-corrected chi connectivity index (χ1v) is 7.31. The maximum absolute atomic E-state index is 11.9. The van der Waals surface area contributed by atoms with Crippen molar-refractivity contribution < 1.29 is 9.53 Å². The van der Waals surface area contributed by atoms with Crippen molar-refractivity contribution in [3.8, 4) is 5.75 Å². The molecule has 4 nitrogen and oxygen atoms in total. The number of carbonyl (C=O) groups excluding carboxylic acids is 1. The van der Waals surface area contributed by atoms with E-state index in [2.05, 4.69) is 19.2 Å². The average Bonchev–Trinajstić information content (AvgIpc) is 2.44. The van der Waals surface area contributed by atoms with Crippen molar-refractivity contribution in [2.75, 3.05) is 31.6 Å². The van der Waals surface area contributed by atoms with Gasteiger partial charge in [-0.3, -0.25) is 4.79 Å². The Morgan fingerprint density at radius 3 is 2.60 bits per heavy atom. The van der Waals surface area contributed by atoms with Crippen LogP contribution in [-0.2, 0) is 4.79 Å². The highest BCUT2D eigenvalue weighted by atomic mass is 16.5. The van der Waals surface area contributed by atoms with E-state index < -0.39 is 0 Å². The van der Waals surface area contributed by atoms with Crippen molar-refractivity contribution in [3.63, 3.8) is 0 Å². The van der Waals surface area contributed by atoms with Crippen molar-refractivity contribution in [2.24, 2.45) is 5.92 Å². The van der Waals surface area contributed by atoms with Gasteiger partial charge in [-0.2, -0.15) is 0 Å². The zero-order valence-electron chi connectivity index (χ0n) is 13.0. The average molecular weight is 278 g/mol. The molecule has 0 aromatic heterocycles. The summed E-state index contributed by atoms with van der Waals surface area (Å²) < 4.78 is 5.67. The van der Waals surface area contributed by atoms with Gasteiger partial charge in [-0.25, -0.2) is 0 Å². The summed E-state index contributed by atoms with van der Waals surface area (Å²) in [5.41, 5.74) is 0.909. The van der Waals surface area contributed by atoms with E-state index in [1.807, 2.05) is 43.0 Å². The van der Waals surface area contributed by atoms with Crippen molar-refractivity contribution >= 4 is 11.6 Å². The van der Waals surface area contributed by atoms with Gasteiger partial charge in [0, 0.05) is 24.8 Å². The van der Waals surface area contributed by atoms with Gasteiger partial charge >= 0.3 is 0 Å². The molecule has 0 radical (unpaired) electrons. The summed E-state index contributed by atoms with van der Waals surface area (Å²) in [6, 6.07) is 7.73. The minimum atomic E-state index is 0.114. The highest BCUT2D eigenvalue weighted by Gasteiger charge is 2.08. The second-order valence-corrected chi connectivity index (χ2v) is 5.15. The molecule has 0 bridgehead atoms. The molecule has 1 rings (SSSR count). The monoisotopic (exact) mass is 278 g/mol. The van der Waals surface area contributed by atoms with Crippen LogP contribution in [0, 0.1) is 5.92 Å². The number of anilines is 1. The van der Waals surface area contributed by atoms with Gasteiger partial charge < -0.3 is 15.0 Å². The Morgan fingerprint density at radius 1 is 1.30 bits per heavy atom. The van der Waals surface area contributed by atoms with E-state index in [1.54, 1.807) is 0 Å². The Labute approximate surface area is 122 Å². The second kappa shape index (κ2) is 8.46. The maximum atomic E-state index is 11.9. The van der Waals surface area contributed by atoms with Crippen molar-refractivity contribution in [2.45, 2.75) is 27.7 Å². The molecule has 0 heterocycles. The fraction of sp³-hybridized carbons (Fsp3) is 0.562. The van der Waals surface area contributed by atoms with Crippen LogP contribution in [0.1, 0.15) is 27.7 Å². The molecule has 0 atom stereocenters. The fourth-order valence-corrected chi connectivity index (χ4v) is 1.82. The van der Waals surface area contributed by atoms with Crippen LogP contribution >= 0.6 is 0 Å². The summed E-state index contributed by atoms with van der Waals surface area (Å²) in [7, 11) is 0. The third-order valence-electron chi connectivity index (χ3n) is 2.98. The number of nitrogens with one attached hydrogen (secondary N) is 1. The van der Waals surface area contributed by atoms with Crippen molar-refractivity contribution in [1.29, 1.82) is 0 Å². The number of amides is 1. The Morgan fingerprint density at radius 2 is 2.00 bits per heavy atom. The van der Waals surface area contributed by atoms with Gasteiger partial charge in [0.25, 0.3) is 0 Å². The van der Waals surface area contributed by atoms with E-state index in [1.165, 1.54) is 0 Å². The molecule has 112 valence electrons. The van der Waals surface area contributed by atoms with Crippen LogP contribution in [0.25, 0.3) is 0 Å². The molecular formula is C16H26N2O2. The maximum Gasteiger partial charge on any atom is 0.241 e. The van der Waals surface area contributed by atoms with Gasteiger partial charge in [0.2, 0.25) is 5.91 Å². The molecule has 0 unspecified atom stereocenters. The minimum Gasteiger partial charge on any atom is -0.493 e. The Balaban J connectivity index is 2.51. The van der Waals surface area contributed by atoms with Crippen LogP contribution in [0.3, 0.4) is 0 Å². The number of likely N-dealkylation sites (N-methyl/N-ethyl adjacent to an activating group) is 1. The summed E-state index contributed by atoms with van der Waals surface area (Å²) in [5.74, 6) is 1.44. The molecule has 0 fully saturated rings. The standard InChI is InChI=1S/C16H26N2O2/c1-5-18(6-2)16(19)11-17-14-8-7-9-15(10-14)20-12-13(3)4/h7-10,13,17H,5-6,11-12H2,1-4H3. The highest BCUT2D eigenvalue weighted by molar-refractivity contribution is 5.80. The zero-order chi connectivity index (χ0) is 15.0.